The first-order chi connectivity index (χ1) is 9.10. The molecule has 0 aliphatic carbocycles. The van der Waals surface area contributed by atoms with Crippen molar-refractivity contribution in [1.82, 2.24) is 20.0 Å². The Balaban J connectivity index is 1.84. The number of nitrogens with one attached hydrogen (secondary N) is 1. The molecule has 0 aromatic heterocycles. The fourth-order valence-electron chi connectivity index (χ4n) is 3.27. The molecule has 112 valence electrons. The number of hydrogen-bond acceptors (Lipinski definition) is 4. The normalized spacial score (nSPS) is 33.5. The van der Waals surface area contributed by atoms with E-state index in [-0.39, 0.29) is 0 Å². The van der Waals surface area contributed by atoms with Gasteiger partial charge in [-0.1, -0.05) is 20.3 Å². The minimum Gasteiger partial charge on any atom is -0.311 e. The average Bonchev–Trinajstić information content (AvgIpc) is 2.42. The third kappa shape index (κ3) is 4.15. The van der Waals surface area contributed by atoms with E-state index in [4.69, 9.17) is 0 Å². The molecule has 2 rings (SSSR count). The quantitative estimate of drug-likeness (QED) is 0.804. The standard InChI is InChI=1S/C15H32N4/c1-5-13(2)15-12-19(7-6-16-15)11-14-10-17(3)8-9-18(14)4/h13-16H,5-12H2,1-4H3. The van der Waals surface area contributed by atoms with Crippen molar-refractivity contribution < 1.29 is 0 Å². The Morgan fingerprint density at radius 3 is 2.68 bits per heavy atom. The topological polar surface area (TPSA) is 21.8 Å². The summed E-state index contributed by atoms with van der Waals surface area (Å²) in [4.78, 5) is 7.69. The third-order valence-electron chi connectivity index (χ3n) is 5.07. The van der Waals surface area contributed by atoms with E-state index >= 15 is 0 Å². The third-order valence-corrected chi connectivity index (χ3v) is 5.07. The molecule has 0 bridgehead atoms. The van der Waals surface area contributed by atoms with Crippen LogP contribution >= 0.6 is 0 Å². The summed E-state index contributed by atoms with van der Waals surface area (Å²) >= 11 is 0. The molecule has 0 saturated carbocycles. The van der Waals surface area contributed by atoms with Gasteiger partial charge in [0, 0.05) is 57.9 Å². The maximum atomic E-state index is 3.69. The number of rotatable bonds is 4. The molecular formula is C15H32N4. The van der Waals surface area contributed by atoms with Crippen molar-refractivity contribution in [2.45, 2.75) is 32.4 Å². The van der Waals surface area contributed by atoms with E-state index in [2.05, 4.69) is 48.0 Å². The van der Waals surface area contributed by atoms with Crippen LogP contribution in [0.3, 0.4) is 0 Å². The van der Waals surface area contributed by atoms with E-state index < -0.39 is 0 Å². The van der Waals surface area contributed by atoms with Crippen LogP contribution in [0.25, 0.3) is 0 Å². The highest BCUT2D eigenvalue weighted by atomic mass is 15.3. The van der Waals surface area contributed by atoms with Crippen LogP contribution in [-0.4, -0.2) is 86.7 Å². The molecule has 0 aromatic carbocycles. The molecule has 3 atom stereocenters. The summed E-state index contributed by atoms with van der Waals surface area (Å²) in [7, 11) is 4.53. The highest BCUT2D eigenvalue weighted by Crippen LogP contribution is 2.14. The molecule has 1 N–H and O–H groups in total. The van der Waals surface area contributed by atoms with Crippen molar-refractivity contribution in [2.24, 2.45) is 5.92 Å². The van der Waals surface area contributed by atoms with Crippen molar-refractivity contribution in [3.63, 3.8) is 0 Å². The molecule has 2 fully saturated rings. The lowest BCUT2D eigenvalue weighted by molar-refractivity contribution is 0.0674. The molecule has 0 amide bonds. The van der Waals surface area contributed by atoms with Crippen LogP contribution in [0.2, 0.25) is 0 Å². The largest absolute Gasteiger partial charge is 0.311 e. The lowest BCUT2D eigenvalue weighted by atomic mass is 9.97. The van der Waals surface area contributed by atoms with Crippen LogP contribution in [0.15, 0.2) is 0 Å². The van der Waals surface area contributed by atoms with Crippen molar-refractivity contribution in [3.8, 4) is 0 Å². The Bertz CT molecular complexity index is 271. The van der Waals surface area contributed by atoms with E-state index in [0.29, 0.717) is 12.1 Å². The van der Waals surface area contributed by atoms with Crippen LogP contribution in [0.5, 0.6) is 0 Å². The molecule has 2 saturated heterocycles. The molecular weight excluding hydrogens is 236 g/mol. The van der Waals surface area contributed by atoms with E-state index in [9.17, 15) is 0 Å². The van der Waals surface area contributed by atoms with Gasteiger partial charge in [-0.2, -0.15) is 0 Å². The van der Waals surface area contributed by atoms with Gasteiger partial charge in [0.15, 0.2) is 0 Å². The van der Waals surface area contributed by atoms with Gasteiger partial charge in [0.1, 0.15) is 0 Å². The molecule has 0 aromatic rings. The molecule has 19 heavy (non-hydrogen) atoms. The molecule has 4 heteroatoms. The minimum absolute atomic E-state index is 0.686. The van der Waals surface area contributed by atoms with E-state index in [1.165, 1.54) is 45.7 Å². The molecule has 2 aliphatic rings. The zero-order valence-electron chi connectivity index (χ0n) is 13.2. The number of likely N-dealkylation sites (N-methyl/N-ethyl adjacent to an activating group) is 2. The average molecular weight is 268 g/mol. The molecule has 2 aliphatic heterocycles. The van der Waals surface area contributed by atoms with Gasteiger partial charge < -0.3 is 10.2 Å². The van der Waals surface area contributed by atoms with E-state index in [1.807, 2.05) is 0 Å². The van der Waals surface area contributed by atoms with Crippen LogP contribution in [0, 0.1) is 5.92 Å². The van der Waals surface area contributed by atoms with Gasteiger partial charge in [-0.15, -0.1) is 0 Å². The smallest absolute Gasteiger partial charge is 0.0347 e. The first-order valence-corrected chi connectivity index (χ1v) is 7.94. The summed E-state index contributed by atoms with van der Waals surface area (Å²) in [5.41, 5.74) is 0. The summed E-state index contributed by atoms with van der Waals surface area (Å²) in [6.45, 7) is 13.1. The Morgan fingerprint density at radius 2 is 1.95 bits per heavy atom. The molecule has 3 unspecified atom stereocenters. The molecule has 0 spiro atoms. The number of piperazine rings is 2. The van der Waals surface area contributed by atoms with Crippen LogP contribution in [0.1, 0.15) is 20.3 Å². The zero-order chi connectivity index (χ0) is 13.8. The number of nitrogens with zero attached hydrogens (tertiary/aromatic N) is 3. The van der Waals surface area contributed by atoms with Gasteiger partial charge in [-0.3, -0.25) is 9.80 Å². The van der Waals surface area contributed by atoms with Gasteiger partial charge in [0.25, 0.3) is 0 Å². The fourth-order valence-corrected chi connectivity index (χ4v) is 3.27. The predicted molar refractivity (Wildman–Crippen MR) is 81.6 cm³/mol. The van der Waals surface area contributed by atoms with Gasteiger partial charge in [-0.25, -0.2) is 0 Å². The fraction of sp³-hybridized carbons (Fsp3) is 1.00. The van der Waals surface area contributed by atoms with Gasteiger partial charge in [0.2, 0.25) is 0 Å². The van der Waals surface area contributed by atoms with Crippen LogP contribution in [0.4, 0.5) is 0 Å². The minimum atomic E-state index is 0.686. The second-order valence-corrected chi connectivity index (χ2v) is 6.60. The highest BCUT2D eigenvalue weighted by Gasteiger charge is 2.28. The summed E-state index contributed by atoms with van der Waals surface area (Å²) in [5, 5.41) is 3.69. The maximum Gasteiger partial charge on any atom is 0.0347 e. The van der Waals surface area contributed by atoms with Crippen molar-refractivity contribution in [1.29, 1.82) is 0 Å². The monoisotopic (exact) mass is 268 g/mol. The Kier molecular flexibility index (Phi) is 5.63. The van der Waals surface area contributed by atoms with Crippen LogP contribution in [-0.2, 0) is 0 Å². The predicted octanol–water partition coefficient (Wildman–Crippen LogP) is 0.552. The Labute approximate surface area is 119 Å². The SMILES string of the molecule is CCC(C)C1CN(CC2CN(C)CCN2C)CCN1. The first-order valence-electron chi connectivity index (χ1n) is 7.94. The Hall–Kier alpha value is -0.160. The molecule has 2 heterocycles. The van der Waals surface area contributed by atoms with Crippen molar-refractivity contribution in [2.75, 3.05) is 59.9 Å². The summed E-state index contributed by atoms with van der Waals surface area (Å²) in [6, 6.07) is 1.39. The van der Waals surface area contributed by atoms with Crippen LogP contribution < -0.4 is 5.32 Å². The first kappa shape index (κ1) is 15.2. The van der Waals surface area contributed by atoms with Gasteiger partial charge in [-0.05, 0) is 20.0 Å². The summed E-state index contributed by atoms with van der Waals surface area (Å²) < 4.78 is 0. The van der Waals surface area contributed by atoms with Gasteiger partial charge in [0.05, 0.1) is 0 Å². The van der Waals surface area contributed by atoms with Crippen molar-refractivity contribution in [3.05, 3.63) is 0 Å². The maximum absolute atomic E-state index is 3.69. The number of hydrogen-bond donors (Lipinski definition) is 1. The van der Waals surface area contributed by atoms with E-state index in [0.717, 1.165) is 12.5 Å². The molecule has 4 nitrogen and oxygen atoms in total. The van der Waals surface area contributed by atoms with Gasteiger partial charge >= 0.3 is 0 Å². The summed E-state index contributed by atoms with van der Waals surface area (Å²) in [5.74, 6) is 0.787. The van der Waals surface area contributed by atoms with Crippen molar-refractivity contribution >= 4 is 0 Å². The molecule has 0 radical (unpaired) electrons. The zero-order valence-corrected chi connectivity index (χ0v) is 13.2. The lowest BCUT2D eigenvalue weighted by Gasteiger charge is -2.43. The highest BCUT2D eigenvalue weighted by molar-refractivity contribution is 4.87. The summed E-state index contributed by atoms with van der Waals surface area (Å²) in [6.07, 6.45) is 1.28. The Morgan fingerprint density at radius 1 is 1.16 bits per heavy atom. The second-order valence-electron chi connectivity index (χ2n) is 6.60. The lowest BCUT2D eigenvalue weighted by Crippen LogP contribution is -2.59. The van der Waals surface area contributed by atoms with E-state index in [1.54, 1.807) is 0 Å². The second kappa shape index (κ2) is 7.02.